The standard InChI is InChI=1S/C15H29N3O2/c1-4-11(2)17-15(19)12(3)16-8-14-9-18-7-5-6-13(18)10-20-14/h11-14,16H,4-10H2,1-3H3,(H,17,19). The van der Waals surface area contributed by atoms with E-state index >= 15 is 0 Å². The molecule has 4 atom stereocenters. The maximum atomic E-state index is 11.9. The van der Waals surface area contributed by atoms with Gasteiger partial charge in [0.25, 0.3) is 0 Å². The van der Waals surface area contributed by atoms with Gasteiger partial charge in [-0.25, -0.2) is 0 Å². The van der Waals surface area contributed by atoms with Gasteiger partial charge in [-0.3, -0.25) is 9.69 Å². The summed E-state index contributed by atoms with van der Waals surface area (Å²) in [5, 5.41) is 6.30. The first kappa shape index (κ1) is 15.7. The Bertz CT molecular complexity index is 324. The van der Waals surface area contributed by atoms with Gasteiger partial charge < -0.3 is 15.4 Å². The van der Waals surface area contributed by atoms with Crippen LogP contribution in [0.2, 0.25) is 0 Å². The molecule has 0 aromatic carbocycles. The zero-order valence-electron chi connectivity index (χ0n) is 13.0. The van der Waals surface area contributed by atoms with Crippen molar-refractivity contribution in [3.8, 4) is 0 Å². The molecule has 0 spiro atoms. The molecule has 116 valence electrons. The van der Waals surface area contributed by atoms with Crippen molar-refractivity contribution in [2.75, 3.05) is 26.2 Å². The molecule has 0 aliphatic carbocycles. The maximum Gasteiger partial charge on any atom is 0.237 e. The van der Waals surface area contributed by atoms with Crippen molar-refractivity contribution in [2.24, 2.45) is 0 Å². The molecular formula is C15H29N3O2. The van der Waals surface area contributed by atoms with Crippen molar-refractivity contribution in [2.45, 2.75) is 64.3 Å². The monoisotopic (exact) mass is 283 g/mol. The molecule has 0 saturated carbocycles. The van der Waals surface area contributed by atoms with Crippen LogP contribution in [-0.2, 0) is 9.53 Å². The summed E-state index contributed by atoms with van der Waals surface area (Å²) in [5.74, 6) is 0.0780. The Labute approximate surface area is 122 Å². The summed E-state index contributed by atoms with van der Waals surface area (Å²) < 4.78 is 5.89. The summed E-state index contributed by atoms with van der Waals surface area (Å²) in [6.45, 7) is 9.82. The van der Waals surface area contributed by atoms with E-state index in [0.717, 1.165) is 26.1 Å². The molecule has 4 unspecified atom stereocenters. The van der Waals surface area contributed by atoms with Gasteiger partial charge in [-0.2, -0.15) is 0 Å². The van der Waals surface area contributed by atoms with Gasteiger partial charge in [0, 0.05) is 25.2 Å². The lowest BCUT2D eigenvalue weighted by Crippen LogP contribution is -2.52. The zero-order valence-corrected chi connectivity index (χ0v) is 13.0. The van der Waals surface area contributed by atoms with Crippen molar-refractivity contribution in [1.82, 2.24) is 15.5 Å². The second-order valence-electron chi connectivity index (χ2n) is 6.19. The van der Waals surface area contributed by atoms with Crippen LogP contribution in [0.25, 0.3) is 0 Å². The average molecular weight is 283 g/mol. The molecule has 2 fully saturated rings. The molecule has 2 rings (SSSR count). The van der Waals surface area contributed by atoms with Crippen LogP contribution < -0.4 is 10.6 Å². The Balaban J connectivity index is 1.68. The number of rotatable bonds is 6. The molecule has 0 aromatic heterocycles. The molecule has 20 heavy (non-hydrogen) atoms. The highest BCUT2D eigenvalue weighted by Crippen LogP contribution is 2.22. The second-order valence-corrected chi connectivity index (χ2v) is 6.19. The summed E-state index contributed by atoms with van der Waals surface area (Å²) >= 11 is 0. The number of amides is 1. The molecule has 0 aromatic rings. The highest BCUT2D eigenvalue weighted by molar-refractivity contribution is 5.81. The van der Waals surface area contributed by atoms with Gasteiger partial charge in [0.05, 0.1) is 18.8 Å². The largest absolute Gasteiger partial charge is 0.374 e. The summed E-state index contributed by atoms with van der Waals surface area (Å²) in [6.07, 6.45) is 3.74. The van der Waals surface area contributed by atoms with Gasteiger partial charge in [0.2, 0.25) is 5.91 Å². The molecule has 1 amide bonds. The molecule has 5 heteroatoms. The molecule has 2 aliphatic rings. The van der Waals surface area contributed by atoms with Crippen molar-refractivity contribution >= 4 is 5.91 Å². The van der Waals surface area contributed by atoms with Gasteiger partial charge in [0.1, 0.15) is 0 Å². The van der Waals surface area contributed by atoms with Crippen molar-refractivity contribution < 1.29 is 9.53 Å². The van der Waals surface area contributed by atoms with Gasteiger partial charge in [-0.15, -0.1) is 0 Å². The van der Waals surface area contributed by atoms with E-state index in [9.17, 15) is 4.79 Å². The Hall–Kier alpha value is -0.650. The smallest absolute Gasteiger partial charge is 0.237 e. The lowest BCUT2D eigenvalue weighted by Gasteiger charge is -2.35. The van der Waals surface area contributed by atoms with Crippen LogP contribution in [0, 0.1) is 0 Å². The van der Waals surface area contributed by atoms with Crippen LogP contribution in [-0.4, -0.2) is 61.3 Å². The number of hydrogen-bond acceptors (Lipinski definition) is 4. The van der Waals surface area contributed by atoms with Crippen LogP contribution in [0.3, 0.4) is 0 Å². The molecular weight excluding hydrogens is 254 g/mol. The highest BCUT2D eigenvalue weighted by atomic mass is 16.5. The number of fused-ring (bicyclic) bond motifs is 1. The quantitative estimate of drug-likeness (QED) is 0.755. The van der Waals surface area contributed by atoms with Crippen molar-refractivity contribution in [1.29, 1.82) is 0 Å². The Morgan fingerprint density at radius 3 is 3.00 bits per heavy atom. The molecule has 0 bridgehead atoms. The van der Waals surface area contributed by atoms with Crippen LogP contribution >= 0.6 is 0 Å². The van der Waals surface area contributed by atoms with E-state index in [-0.39, 0.29) is 24.1 Å². The number of nitrogens with zero attached hydrogens (tertiary/aromatic N) is 1. The van der Waals surface area contributed by atoms with E-state index in [4.69, 9.17) is 4.74 Å². The van der Waals surface area contributed by atoms with E-state index in [1.807, 2.05) is 13.8 Å². The van der Waals surface area contributed by atoms with Crippen LogP contribution in [0.15, 0.2) is 0 Å². The van der Waals surface area contributed by atoms with Crippen LogP contribution in [0.4, 0.5) is 0 Å². The first-order chi connectivity index (χ1) is 9.60. The lowest BCUT2D eigenvalue weighted by atomic mass is 10.2. The van der Waals surface area contributed by atoms with Gasteiger partial charge >= 0.3 is 0 Å². The third kappa shape index (κ3) is 4.17. The van der Waals surface area contributed by atoms with Crippen LogP contribution in [0.1, 0.15) is 40.0 Å². The van der Waals surface area contributed by atoms with Crippen molar-refractivity contribution in [3.63, 3.8) is 0 Å². The fourth-order valence-corrected chi connectivity index (χ4v) is 2.88. The summed E-state index contributed by atoms with van der Waals surface area (Å²) in [5.41, 5.74) is 0. The fourth-order valence-electron chi connectivity index (χ4n) is 2.88. The lowest BCUT2D eigenvalue weighted by molar-refractivity contribution is -0.123. The molecule has 0 radical (unpaired) electrons. The maximum absolute atomic E-state index is 11.9. The van der Waals surface area contributed by atoms with E-state index in [1.54, 1.807) is 0 Å². The Kier molecular flexibility index (Phi) is 5.81. The fraction of sp³-hybridized carbons (Fsp3) is 0.933. The number of carbonyl (C=O) groups is 1. The minimum atomic E-state index is -0.163. The number of carbonyl (C=O) groups excluding carboxylic acids is 1. The van der Waals surface area contributed by atoms with E-state index < -0.39 is 0 Å². The predicted molar refractivity (Wildman–Crippen MR) is 79.7 cm³/mol. The molecule has 2 heterocycles. The first-order valence-electron chi connectivity index (χ1n) is 7.99. The summed E-state index contributed by atoms with van der Waals surface area (Å²) in [7, 11) is 0. The molecule has 5 nitrogen and oxygen atoms in total. The van der Waals surface area contributed by atoms with Gasteiger partial charge in [0.15, 0.2) is 0 Å². The summed E-state index contributed by atoms with van der Waals surface area (Å²) in [6, 6.07) is 0.712. The SMILES string of the molecule is CCC(C)NC(=O)C(C)NCC1CN2CCCC2CO1. The van der Waals surface area contributed by atoms with Crippen molar-refractivity contribution in [3.05, 3.63) is 0 Å². The number of hydrogen-bond donors (Lipinski definition) is 2. The molecule has 2 aliphatic heterocycles. The molecule has 2 N–H and O–H groups in total. The number of ether oxygens (including phenoxy) is 1. The van der Waals surface area contributed by atoms with Crippen LogP contribution in [0.5, 0.6) is 0 Å². The first-order valence-corrected chi connectivity index (χ1v) is 7.99. The third-order valence-electron chi connectivity index (χ3n) is 4.51. The highest BCUT2D eigenvalue weighted by Gasteiger charge is 2.32. The zero-order chi connectivity index (χ0) is 14.5. The Morgan fingerprint density at radius 1 is 1.45 bits per heavy atom. The number of morpholine rings is 1. The molecule has 2 saturated heterocycles. The third-order valence-corrected chi connectivity index (χ3v) is 4.51. The summed E-state index contributed by atoms with van der Waals surface area (Å²) in [4.78, 5) is 14.5. The average Bonchev–Trinajstić information content (AvgIpc) is 2.91. The van der Waals surface area contributed by atoms with E-state index in [2.05, 4.69) is 22.5 Å². The number of nitrogens with one attached hydrogen (secondary N) is 2. The normalized spacial score (nSPS) is 29.8. The minimum Gasteiger partial charge on any atom is -0.374 e. The van der Waals surface area contributed by atoms with E-state index in [1.165, 1.54) is 19.4 Å². The topological polar surface area (TPSA) is 53.6 Å². The van der Waals surface area contributed by atoms with E-state index in [0.29, 0.717) is 6.04 Å². The predicted octanol–water partition coefficient (Wildman–Crippen LogP) is 0.742. The minimum absolute atomic E-state index is 0.0780. The van der Waals surface area contributed by atoms with Gasteiger partial charge in [-0.1, -0.05) is 6.92 Å². The Morgan fingerprint density at radius 2 is 2.25 bits per heavy atom. The van der Waals surface area contributed by atoms with Gasteiger partial charge in [-0.05, 0) is 39.7 Å². The second kappa shape index (κ2) is 7.38.